The van der Waals surface area contributed by atoms with Gasteiger partial charge in [-0.15, -0.1) is 0 Å². The molecule has 5 rings (SSSR count). The molecule has 0 aliphatic carbocycles. The molecule has 0 aliphatic heterocycles. The first-order chi connectivity index (χ1) is 20.1. The highest BCUT2D eigenvalue weighted by molar-refractivity contribution is 5.94. The van der Waals surface area contributed by atoms with Gasteiger partial charge in [0.05, 0.1) is 5.92 Å². The molecular formula is C34H31N3O4. The number of amides is 2. The molecule has 0 saturated heterocycles. The van der Waals surface area contributed by atoms with Crippen LogP contribution in [-0.4, -0.2) is 35.4 Å². The van der Waals surface area contributed by atoms with E-state index in [-0.39, 0.29) is 25.5 Å². The summed E-state index contributed by atoms with van der Waals surface area (Å²) in [5, 5.41) is 6.61. The van der Waals surface area contributed by atoms with Crippen LogP contribution in [0.4, 0.5) is 0 Å². The number of benzene rings is 4. The lowest BCUT2D eigenvalue weighted by Crippen LogP contribution is -2.50. The third-order valence-electron chi connectivity index (χ3n) is 6.91. The number of carbonyl (C=O) groups excluding carboxylic acids is 3. The second-order valence-electron chi connectivity index (χ2n) is 9.74. The molecule has 5 aromatic rings. The molecule has 4 aromatic carbocycles. The molecule has 0 saturated carbocycles. The van der Waals surface area contributed by atoms with Gasteiger partial charge in [-0.05, 0) is 28.3 Å². The highest BCUT2D eigenvalue weighted by Gasteiger charge is 2.29. The normalized spacial score (nSPS) is 11.6. The zero-order valence-electron chi connectivity index (χ0n) is 22.5. The second-order valence-corrected chi connectivity index (χ2v) is 9.74. The van der Waals surface area contributed by atoms with Crippen molar-refractivity contribution < 1.29 is 19.1 Å². The standard InChI is InChI=1S/C34H31N3O4/c38-31(41-23-24-12-4-1-5-13-24)22-36-33(39)30(20-27-21-35-29-19-11-10-18-28(27)29)37-34(40)32(25-14-6-2-7-15-25)26-16-8-3-9-17-26/h1-19,21,30,32,35H,20,22-23H2,(H,36,39)(H,37,40)/t30-/m0/s1. The van der Waals surface area contributed by atoms with Crippen molar-refractivity contribution in [2.45, 2.75) is 25.0 Å². The Hall–Kier alpha value is -5.17. The Morgan fingerprint density at radius 1 is 0.707 bits per heavy atom. The molecule has 7 nitrogen and oxygen atoms in total. The minimum atomic E-state index is -0.932. The summed E-state index contributed by atoms with van der Waals surface area (Å²) in [5.74, 6) is -1.97. The number of H-pyrrole nitrogens is 1. The first-order valence-corrected chi connectivity index (χ1v) is 13.5. The van der Waals surface area contributed by atoms with Gasteiger partial charge in [0.15, 0.2) is 0 Å². The summed E-state index contributed by atoms with van der Waals surface area (Å²) < 4.78 is 5.31. The van der Waals surface area contributed by atoms with Crippen molar-refractivity contribution in [3.8, 4) is 0 Å². The molecule has 1 heterocycles. The van der Waals surface area contributed by atoms with E-state index >= 15 is 0 Å². The zero-order chi connectivity index (χ0) is 28.4. The van der Waals surface area contributed by atoms with E-state index in [1.165, 1.54) is 0 Å². The number of aromatic amines is 1. The molecule has 3 N–H and O–H groups in total. The van der Waals surface area contributed by atoms with Gasteiger partial charge in [-0.1, -0.05) is 109 Å². The van der Waals surface area contributed by atoms with Crippen LogP contribution >= 0.6 is 0 Å². The average Bonchev–Trinajstić information content (AvgIpc) is 3.43. The number of hydrogen-bond acceptors (Lipinski definition) is 4. The van der Waals surface area contributed by atoms with Crippen LogP contribution in [0, 0.1) is 0 Å². The Bertz CT molecular complexity index is 1560. The number of rotatable bonds is 11. The Kier molecular flexibility index (Phi) is 8.86. The SMILES string of the molecule is O=C(CNC(=O)[C@H](Cc1c[nH]c2ccccc12)NC(=O)C(c1ccccc1)c1ccccc1)OCc1ccccc1. The van der Waals surface area contributed by atoms with Crippen LogP contribution in [0.1, 0.15) is 28.2 Å². The summed E-state index contributed by atoms with van der Waals surface area (Å²) in [6.07, 6.45) is 2.08. The number of hydrogen-bond donors (Lipinski definition) is 3. The van der Waals surface area contributed by atoms with E-state index < -0.39 is 23.8 Å². The predicted molar refractivity (Wildman–Crippen MR) is 158 cm³/mol. The molecule has 41 heavy (non-hydrogen) atoms. The van der Waals surface area contributed by atoms with Gasteiger partial charge in [0.2, 0.25) is 11.8 Å². The zero-order valence-corrected chi connectivity index (χ0v) is 22.5. The van der Waals surface area contributed by atoms with E-state index in [0.717, 1.165) is 33.2 Å². The monoisotopic (exact) mass is 545 g/mol. The van der Waals surface area contributed by atoms with Crippen LogP contribution in [0.25, 0.3) is 10.9 Å². The van der Waals surface area contributed by atoms with Gasteiger partial charge < -0.3 is 20.4 Å². The first kappa shape index (κ1) is 27.4. The van der Waals surface area contributed by atoms with Gasteiger partial charge in [0, 0.05) is 23.5 Å². The number of carbonyl (C=O) groups is 3. The van der Waals surface area contributed by atoms with Crippen LogP contribution < -0.4 is 10.6 Å². The fourth-order valence-electron chi connectivity index (χ4n) is 4.84. The maximum absolute atomic E-state index is 13.9. The fourth-order valence-corrected chi connectivity index (χ4v) is 4.84. The Morgan fingerprint density at radius 3 is 1.95 bits per heavy atom. The van der Waals surface area contributed by atoms with Crippen LogP contribution in [0.3, 0.4) is 0 Å². The quantitative estimate of drug-likeness (QED) is 0.206. The topological polar surface area (TPSA) is 100 Å². The van der Waals surface area contributed by atoms with Crippen molar-refractivity contribution in [1.29, 1.82) is 0 Å². The summed E-state index contributed by atoms with van der Waals surface area (Å²) >= 11 is 0. The smallest absolute Gasteiger partial charge is 0.325 e. The summed E-state index contributed by atoms with van der Waals surface area (Å²) in [5.41, 5.74) is 4.29. The molecule has 0 spiro atoms. The number of ether oxygens (including phenoxy) is 1. The van der Waals surface area contributed by atoms with E-state index in [1.54, 1.807) is 0 Å². The molecule has 7 heteroatoms. The largest absolute Gasteiger partial charge is 0.460 e. The maximum atomic E-state index is 13.9. The van der Waals surface area contributed by atoms with Gasteiger partial charge in [0.25, 0.3) is 0 Å². The molecule has 0 radical (unpaired) electrons. The van der Waals surface area contributed by atoms with Gasteiger partial charge in [0.1, 0.15) is 19.2 Å². The number of para-hydroxylation sites is 1. The molecule has 0 bridgehead atoms. The van der Waals surface area contributed by atoms with Crippen molar-refractivity contribution in [3.05, 3.63) is 144 Å². The lowest BCUT2D eigenvalue weighted by molar-refractivity contribution is -0.145. The molecule has 1 atom stereocenters. The van der Waals surface area contributed by atoms with E-state index in [2.05, 4.69) is 15.6 Å². The average molecular weight is 546 g/mol. The highest BCUT2D eigenvalue weighted by Crippen LogP contribution is 2.26. The van der Waals surface area contributed by atoms with Crippen molar-refractivity contribution in [1.82, 2.24) is 15.6 Å². The van der Waals surface area contributed by atoms with E-state index in [0.29, 0.717) is 0 Å². The Balaban J connectivity index is 1.34. The third kappa shape index (κ3) is 7.08. The van der Waals surface area contributed by atoms with Crippen LogP contribution in [-0.2, 0) is 32.1 Å². The summed E-state index contributed by atoms with van der Waals surface area (Å²) in [7, 11) is 0. The maximum Gasteiger partial charge on any atom is 0.325 e. The van der Waals surface area contributed by atoms with E-state index in [4.69, 9.17) is 4.74 Å². The van der Waals surface area contributed by atoms with Gasteiger partial charge in [-0.2, -0.15) is 0 Å². The Labute approximate surface area is 238 Å². The summed E-state index contributed by atoms with van der Waals surface area (Å²) in [6.45, 7) is -0.201. The van der Waals surface area contributed by atoms with Crippen LogP contribution in [0.15, 0.2) is 121 Å². The minimum Gasteiger partial charge on any atom is -0.460 e. The van der Waals surface area contributed by atoms with Crippen molar-refractivity contribution in [2.24, 2.45) is 0 Å². The van der Waals surface area contributed by atoms with E-state index in [1.807, 2.05) is 121 Å². The van der Waals surface area contributed by atoms with Crippen LogP contribution in [0.2, 0.25) is 0 Å². The van der Waals surface area contributed by atoms with Gasteiger partial charge >= 0.3 is 5.97 Å². The summed E-state index contributed by atoms with van der Waals surface area (Å²) in [4.78, 5) is 43.0. The molecular weight excluding hydrogens is 514 g/mol. The predicted octanol–water partition coefficient (Wildman–Crippen LogP) is 4.89. The molecule has 0 fully saturated rings. The van der Waals surface area contributed by atoms with Crippen molar-refractivity contribution >= 4 is 28.7 Å². The highest BCUT2D eigenvalue weighted by atomic mass is 16.5. The molecule has 0 unspecified atom stereocenters. The third-order valence-corrected chi connectivity index (χ3v) is 6.91. The second kappa shape index (κ2) is 13.3. The molecule has 2 amide bonds. The molecule has 0 aliphatic rings. The summed E-state index contributed by atoms with van der Waals surface area (Å²) in [6, 6.07) is 35.1. The van der Waals surface area contributed by atoms with Crippen molar-refractivity contribution in [3.63, 3.8) is 0 Å². The number of esters is 1. The molecule has 1 aromatic heterocycles. The number of nitrogens with one attached hydrogen (secondary N) is 3. The van der Waals surface area contributed by atoms with Gasteiger partial charge in [-0.3, -0.25) is 14.4 Å². The van der Waals surface area contributed by atoms with Crippen LogP contribution in [0.5, 0.6) is 0 Å². The molecule has 206 valence electrons. The number of aromatic nitrogens is 1. The van der Waals surface area contributed by atoms with Gasteiger partial charge in [-0.25, -0.2) is 0 Å². The Morgan fingerprint density at radius 2 is 1.29 bits per heavy atom. The first-order valence-electron chi connectivity index (χ1n) is 13.5. The minimum absolute atomic E-state index is 0.112. The van der Waals surface area contributed by atoms with E-state index in [9.17, 15) is 14.4 Å². The lowest BCUT2D eigenvalue weighted by atomic mass is 9.90. The number of fused-ring (bicyclic) bond motifs is 1. The van der Waals surface area contributed by atoms with Crippen molar-refractivity contribution in [2.75, 3.05) is 6.54 Å². The fraction of sp³-hybridized carbons (Fsp3) is 0.147. The lowest BCUT2D eigenvalue weighted by Gasteiger charge is -2.23.